The number of para-hydroxylation sites is 3. The molecule has 0 saturated heterocycles. The number of nitrogens with zero attached hydrogens (tertiary/aromatic N) is 3. The molecule has 0 unspecified atom stereocenters. The molecule has 3 nitrogen and oxygen atoms in total. The fourth-order valence-corrected chi connectivity index (χ4v) is 9.32. The normalized spacial score (nSPS) is 11.7. The van der Waals surface area contributed by atoms with Crippen molar-refractivity contribution < 1.29 is 0 Å². The molecule has 0 saturated carbocycles. The summed E-state index contributed by atoms with van der Waals surface area (Å²) < 4.78 is 4.68. The first kappa shape index (κ1) is 34.1. The van der Waals surface area contributed by atoms with Crippen molar-refractivity contribution in [2.75, 3.05) is 0 Å². The standard InChI is InChI=1S/C57H37N3/c1-2-16-46(17-3-1)59-53-22-8-6-19-49(53)51-35-43(28-30-55(51)59)44-29-31-56-52(36-44)50-20-7-9-23-54(50)60(56)57-37-45(32-33-58-57)42-15-10-14-41(34-42)38-24-26-40(27-25-38)48-21-11-13-39-12-4-5-18-47(39)48/h1-37H. The van der Waals surface area contributed by atoms with E-state index in [4.69, 9.17) is 4.98 Å². The van der Waals surface area contributed by atoms with Crippen LogP contribution in [0.15, 0.2) is 225 Å². The summed E-state index contributed by atoms with van der Waals surface area (Å²) in [5.74, 6) is 0.895. The van der Waals surface area contributed by atoms with Gasteiger partial charge >= 0.3 is 0 Å². The van der Waals surface area contributed by atoms with Crippen LogP contribution in [0.1, 0.15) is 0 Å². The zero-order valence-electron chi connectivity index (χ0n) is 32.7. The second-order valence-electron chi connectivity index (χ2n) is 15.6. The number of aromatic nitrogens is 3. The fourth-order valence-electron chi connectivity index (χ4n) is 9.32. The van der Waals surface area contributed by atoms with Crippen LogP contribution in [0.3, 0.4) is 0 Å². The highest BCUT2D eigenvalue weighted by molar-refractivity contribution is 6.12. The van der Waals surface area contributed by atoms with Crippen molar-refractivity contribution in [2.24, 2.45) is 0 Å². The van der Waals surface area contributed by atoms with Crippen LogP contribution in [0.4, 0.5) is 0 Å². The Hall–Kier alpha value is -8.01. The molecule has 0 aliphatic carbocycles. The summed E-state index contributed by atoms with van der Waals surface area (Å²) in [6.07, 6.45) is 1.94. The number of rotatable bonds is 6. The van der Waals surface area contributed by atoms with E-state index in [9.17, 15) is 0 Å². The first-order chi connectivity index (χ1) is 29.7. The maximum Gasteiger partial charge on any atom is 0.138 e. The minimum atomic E-state index is 0.895. The first-order valence-corrected chi connectivity index (χ1v) is 20.5. The second-order valence-corrected chi connectivity index (χ2v) is 15.6. The molecule has 3 heteroatoms. The van der Waals surface area contributed by atoms with Crippen LogP contribution in [-0.4, -0.2) is 14.1 Å². The Labute approximate surface area is 347 Å². The lowest BCUT2D eigenvalue weighted by molar-refractivity contribution is 1.08. The smallest absolute Gasteiger partial charge is 0.138 e. The van der Waals surface area contributed by atoms with E-state index >= 15 is 0 Å². The van der Waals surface area contributed by atoms with Crippen molar-refractivity contribution >= 4 is 54.4 Å². The van der Waals surface area contributed by atoms with Crippen molar-refractivity contribution in [3.05, 3.63) is 225 Å². The Morgan fingerprint density at radius 1 is 0.283 bits per heavy atom. The molecule has 12 rings (SSSR count). The van der Waals surface area contributed by atoms with Gasteiger partial charge in [-0.2, -0.15) is 0 Å². The van der Waals surface area contributed by atoms with Crippen molar-refractivity contribution in [1.29, 1.82) is 0 Å². The summed E-state index contributed by atoms with van der Waals surface area (Å²) in [7, 11) is 0. The highest BCUT2D eigenvalue weighted by atomic mass is 15.1. The number of fused-ring (bicyclic) bond motifs is 7. The molecule has 0 aliphatic heterocycles. The van der Waals surface area contributed by atoms with Gasteiger partial charge in [0.25, 0.3) is 0 Å². The van der Waals surface area contributed by atoms with Crippen LogP contribution in [0.25, 0.3) is 110 Å². The molecule has 0 atom stereocenters. The van der Waals surface area contributed by atoms with E-state index in [1.54, 1.807) is 0 Å². The Morgan fingerprint density at radius 3 is 1.52 bits per heavy atom. The van der Waals surface area contributed by atoms with Gasteiger partial charge in [0.05, 0.1) is 22.1 Å². The summed E-state index contributed by atoms with van der Waals surface area (Å²) in [5, 5.41) is 7.44. The van der Waals surface area contributed by atoms with Gasteiger partial charge in [-0.05, 0) is 122 Å². The van der Waals surface area contributed by atoms with Gasteiger partial charge in [-0.25, -0.2) is 4.98 Å². The predicted molar refractivity (Wildman–Crippen MR) is 252 cm³/mol. The minimum absolute atomic E-state index is 0.895. The maximum absolute atomic E-state index is 4.98. The Bertz CT molecular complexity index is 3590. The highest BCUT2D eigenvalue weighted by Crippen LogP contribution is 2.39. The summed E-state index contributed by atoms with van der Waals surface area (Å²) >= 11 is 0. The quantitative estimate of drug-likeness (QED) is 0.165. The molecular weight excluding hydrogens is 727 g/mol. The Morgan fingerprint density at radius 2 is 0.783 bits per heavy atom. The summed E-state index contributed by atoms with van der Waals surface area (Å²) in [6, 6.07) is 79.1. The number of hydrogen-bond acceptors (Lipinski definition) is 1. The summed E-state index contributed by atoms with van der Waals surface area (Å²) in [6.45, 7) is 0. The molecule has 0 radical (unpaired) electrons. The molecule has 3 aromatic heterocycles. The van der Waals surface area contributed by atoms with Crippen molar-refractivity contribution in [1.82, 2.24) is 14.1 Å². The van der Waals surface area contributed by atoms with E-state index < -0.39 is 0 Å². The third-order valence-corrected chi connectivity index (χ3v) is 12.2. The maximum atomic E-state index is 4.98. The Kier molecular flexibility index (Phi) is 7.85. The van der Waals surface area contributed by atoms with E-state index in [0.29, 0.717) is 0 Å². The van der Waals surface area contributed by atoms with E-state index in [1.165, 1.54) is 82.4 Å². The minimum Gasteiger partial charge on any atom is -0.309 e. The fraction of sp³-hybridized carbons (Fsp3) is 0. The van der Waals surface area contributed by atoms with E-state index in [-0.39, 0.29) is 0 Å². The monoisotopic (exact) mass is 763 g/mol. The van der Waals surface area contributed by atoms with Gasteiger partial charge in [0.15, 0.2) is 0 Å². The Balaban J connectivity index is 0.912. The van der Waals surface area contributed by atoms with E-state index in [2.05, 4.69) is 228 Å². The van der Waals surface area contributed by atoms with Crippen LogP contribution >= 0.6 is 0 Å². The average Bonchev–Trinajstić information content (AvgIpc) is 3.84. The number of hydrogen-bond donors (Lipinski definition) is 0. The van der Waals surface area contributed by atoms with Crippen molar-refractivity contribution in [2.45, 2.75) is 0 Å². The summed E-state index contributed by atoms with van der Waals surface area (Å²) in [4.78, 5) is 4.98. The van der Waals surface area contributed by atoms with Gasteiger partial charge in [-0.15, -0.1) is 0 Å². The molecule has 0 N–H and O–H groups in total. The average molecular weight is 764 g/mol. The lowest BCUT2D eigenvalue weighted by Crippen LogP contribution is -1.97. The summed E-state index contributed by atoms with van der Waals surface area (Å²) in [5.41, 5.74) is 15.4. The van der Waals surface area contributed by atoms with Gasteiger partial charge in [-0.3, -0.25) is 4.57 Å². The largest absolute Gasteiger partial charge is 0.309 e. The molecule has 0 amide bonds. The number of pyridine rings is 1. The number of benzene rings is 9. The molecule has 280 valence electrons. The van der Waals surface area contributed by atoms with Crippen molar-refractivity contribution in [3.8, 4) is 56.0 Å². The topological polar surface area (TPSA) is 22.8 Å². The first-order valence-electron chi connectivity index (χ1n) is 20.5. The zero-order chi connectivity index (χ0) is 39.6. The molecule has 3 heterocycles. The molecular formula is C57H37N3. The van der Waals surface area contributed by atoms with Gasteiger partial charge in [0, 0.05) is 33.4 Å². The highest BCUT2D eigenvalue weighted by Gasteiger charge is 2.17. The molecule has 9 aromatic carbocycles. The third-order valence-electron chi connectivity index (χ3n) is 12.2. The second kappa shape index (κ2) is 13.8. The van der Waals surface area contributed by atoms with Crippen LogP contribution in [0.2, 0.25) is 0 Å². The van der Waals surface area contributed by atoms with Crippen molar-refractivity contribution in [3.63, 3.8) is 0 Å². The molecule has 12 aromatic rings. The molecule has 60 heavy (non-hydrogen) atoms. The van der Waals surface area contributed by atoms with Gasteiger partial charge in [0.1, 0.15) is 5.82 Å². The SMILES string of the molecule is c1ccc(-n2c3ccccc3c3cc(-c4ccc5c(c4)c4ccccc4n5-c4cc(-c5cccc(-c6ccc(-c7cccc8ccccc78)cc6)c5)ccn4)ccc32)cc1. The van der Waals surface area contributed by atoms with Gasteiger partial charge in [-0.1, -0.05) is 152 Å². The van der Waals surface area contributed by atoms with Gasteiger partial charge < -0.3 is 4.57 Å². The molecule has 0 aliphatic rings. The lowest BCUT2D eigenvalue weighted by Gasteiger charge is -2.11. The molecule has 0 bridgehead atoms. The van der Waals surface area contributed by atoms with Gasteiger partial charge in [0.2, 0.25) is 0 Å². The lowest BCUT2D eigenvalue weighted by atomic mass is 9.95. The van der Waals surface area contributed by atoms with Crippen LogP contribution in [-0.2, 0) is 0 Å². The predicted octanol–water partition coefficient (Wildman–Crippen LogP) is 15.1. The van der Waals surface area contributed by atoms with E-state index in [0.717, 1.165) is 28.0 Å². The van der Waals surface area contributed by atoms with Crippen LogP contribution in [0.5, 0.6) is 0 Å². The van der Waals surface area contributed by atoms with E-state index in [1.807, 2.05) is 6.20 Å². The third kappa shape index (κ3) is 5.55. The van der Waals surface area contributed by atoms with Crippen LogP contribution in [0, 0.1) is 0 Å². The molecule has 0 fully saturated rings. The molecule has 0 spiro atoms. The zero-order valence-corrected chi connectivity index (χ0v) is 32.7. The van der Waals surface area contributed by atoms with Crippen LogP contribution < -0.4 is 0 Å².